The number of thiophene rings is 1. The van der Waals surface area contributed by atoms with Gasteiger partial charge in [0.25, 0.3) is 5.91 Å². The number of nitrogens with one attached hydrogen (secondary N) is 2. The Kier molecular flexibility index (Phi) is 9.20. The molecule has 0 fully saturated rings. The molecule has 0 saturated carbocycles. The molecular formula is C12H20ClN3O2S. The first-order valence-corrected chi connectivity index (χ1v) is 6.80. The quantitative estimate of drug-likeness (QED) is 0.702. The maximum atomic E-state index is 11.6. The molecule has 2 amide bonds. The first kappa shape index (κ1) is 17.9. The highest BCUT2D eigenvalue weighted by molar-refractivity contribution is 7.12. The molecule has 0 aliphatic carbocycles. The third-order valence-corrected chi connectivity index (χ3v) is 3.30. The third kappa shape index (κ3) is 7.15. The molecule has 108 valence electrons. The topological polar surface area (TPSA) is 84.2 Å². The number of nitrogens with two attached hydrogens (primary N) is 1. The SMILES string of the molecule is CC(CN)CNC(=O)CCNC(=O)c1cccs1.Cl. The summed E-state index contributed by atoms with van der Waals surface area (Å²) < 4.78 is 0. The van der Waals surface area contributed by atoms with E-state index in [1.54, 1.807) is 6.07 Å². The largest absolute Gasteiger partial charge is 0.356 e. The van der Waals surface area contributed by atoms with E-state index in [4.69, 9.17) is 5.73 Å². The molecule has 0 aromatic carbocycles. The van der Waals surface area contributed by atoms with Crippen LogP contribution in [0.3, 0.4) is 0 Å². The maximum absolute atomic E-state index is 11.6. The maximum Gasteiger partial charge on any atom is 0.261 e. The Labute approximate surface area is 123 Å². The molecule has 1 aromatic heterocycles. The van der Waals surface area contributed by atoms with Crippen molar-refractivity contribution in [3.8, 4) is 0 Å². The molecular weight excluding hydrogens is 286 g/mol. The van der Waals surface area contributed by atoms with Gasteiger partial charge in [0.15, 0.2) is 0 Å². The lowest BCUT2D eigenvalue weighted by Crippen LogP contribution is -2.34. The van der Waals surface area contributed by atoms with Gasteiger partial charge in [0.1, 0.15) is 0 Å². The molecule has 0 saturated heterocycles. The fourth-order valence-corrected chi connectivity index (χ4v) is 1.88. The van der Waals surface area contributed by atoms with Crippen molar-refractivity contribution < 1.29 is 9.59 Å². The Morgan fingerprint density at radius 2 is 2.16 bits per heavy atom. The molecule has 1 heterocycles. The van der Waals surface area contributed by atoms with Gasteiger partial charge in [0, 0.05) is 19.5 Å². The Balaban J connectivity index is 0.00000324. The highest BCUT2D eigenvalue weighted by atomic mass is 35.5. The van der Waals surface area contributed by atoms with Gasteiger partial charge in [-0.3, -0.25) is 9.59 Å². The molecule has 1 atom stereocenters. The normalized spacial score (nSPS) is 11.3. The van der Waals surface area contributed by atoms with E-state index in [-0.39, 0.29) is 36.6 Å². The van der Waals surface area contributed by atoms with Gasteiger partial charge in [-0.1, -0.05) is 13.0 Å². The van der Waals surface area contributed by atoms with E-state index in [0.29, 0.717) is 24.5 Å². The lowest BCUT2D eigenvalue weighted by atomic mass is 10.2. The zero-order valence-electron chi connectivity index (χ0n) is 10.8. The second-order valence-electron chi connectivity index (χ2n) is 4.13. The summed E-state index contributed by atoms with van der Waals surface area (Å²) in [5.41, 5.74) is 5.45. The summed E-state index contributed by atoms with van der Waals surface area (Å²) in [4.78, 5) is 23.6. The molecule has 7 heteroatoms. The Morgan fingerprint density at radius 3 is 2.74 bits per heavy atom. The lowest BCUT2D eigenvalue weighted by Gasteiger charge is -2.10. The molecule has 1 rings (SSSR count). The van der Waals surface area contributed by atoms with E-state index >= 15 is 0 Å². The molecule has 4 N–H and O–H groups in total. The van der Waals surface area contributed by atoms with Crippen molar-refractivity contribution >= 4 is 35.6 Å². The number of hydrogen-bond donors (Lipinski definition) is 3. The Hall–Kier alpha value is -1.11. The van der Waals surface area contributed by atoms with Crippen LogP contribution in [-0.4, -0.2) is 31.4 Å². The van der Waals surface area contributed by atoms with E-state index in [0.717, 1.165) is 0 Å². The van der Waals surface area contributed by atoms with E-state index in [9.17, 15) is 9.59 Å². The second-order valence-corrected chi connectivity index (χ2v) is 5.08. The molecule has 1 aromatic rings. The van der Waals surface area contributed by atoms with Crippen molar-refractivity contribution in [3.05, 3.63) is 22.4 Å². The van der Waals surface area contributed by atoms with Gasteiger partial charge in [0.05, 0.1) is 4.88 Å². The minimum Gasteiger partial charge on any atom is -0.356 e. The second kappa shape index (κ2) is 9.77. The summed E-state index contributed by atoms with van der Waals surface area (Å²) >= 11 is 1.38. The number of rotatable bonds is 7. The standard InChI is InChI=1S/C12H19N3O2S.ClH/c1-9(7-13)8-15-11(16)4-5-14-12(17)10-3-2-6-18-10;/h2-3,6,9H,4-5,7-8,13H2,1H3,(H,14,17)(H,15,16);1H. The Bertz CT molecular complexity index is 384. The summed E-state index contributed by atoms with van der Waals surface area (Å²) in [6, 6.07) is 3.57. The van der Waals surface area contributed by atoms with Crippen molar-refractivity contribution in [2.45, 2.75) is 13.3 Å². The van der Waals surface area contributed by atoms with Gasteiger partial charge in [-0.05, 0) is 23.9 Å². The van der Waals surface area contributed by atoms with Gasteiger partial charge in [0.2, 0.25) is 5.91 Å². The number of amides is 2. The van der Waals surface area contributed by atoms with Crippen molar-refractivity contribution in [2.24, 2.45) is 11.7 Å². The molecule has 0 aliphatic heterocycles. The average molecular weight is 306 g/mol. The fraction of sp³-hybridized carbons (Fsp3) is 0.500. The van der Waals surface area contributed by atoms with E-state index in [1.165, 1.54) is 11.3 Å². The monoisotopic (exact) mass is 305 g/mol. The summed E-state index contributed by atoms with van der Waals surface area (Å²) in [6.07, 6.45) is 0.286. The van der Waals surface area contributed by atoms with Crippen LogP contribution in [-0.2, 0) is 4.79 Å². The summed E-state index contributed by atoms with van der Waals surface area (Å²) in [5.74, 6) is 0.0737. The minimum atomic E-state index is -0.131. The number of carbonyl (C=O) groups excluding carboxylic acids is 2. The van der Waals surface area contributed by atoms with Crippen LogP contribution < -0.4 is 16.4 Å². The summed E-state index contributed by atoms with van der Waals surface area (Å²) in [5, 5.41) is 7.32. The van der Waals surface area contributed by atoms with Gasteiger partial charge in [-0.15, -0.1) is 23.7 Å². The molecule has 5 nitrogen and oxygen atoms in total. The summed E-state index contributed by atoms with van der Waals surface area (Å²) in [6.45, 7) is 3.45. The Morgan fingerprint density at radius 1 is 1.42 bits per heavy atom. The average Bonchev–Trinajstić information content (AvgIpc) is 2.89. The van der Waals surface area contributed by atoms with Crippen molar-refractivity contribution in [3.63, 3.8) is 0 Å². The predicted octanol–water partition coefficient (Wildman–Crippen LogP) is 1.00. The van der Waals surface area contributed by atoms with E-state index in [1.807, 2.05) is 18.4 Å². The first-order chi connectivity index (χ1) is 8.63. The highest BCUT2D eigenvalue weighted by Gasteiger charge is 2.07. The number of hydrogen-bond acceptors (Lipinski definition) is 4. The van der Waals surface area contributed by atoms with Gasteiger partial charge in [-0.25, -0.2) is 0 Å². The van der Waals surface area contributed by atoms with Gasteiger partial charge in [-0.2, -0.15) is 0 Å². The van der Waals surface area contributed by atoms with Crippen molar-refractivity contribution in [1.82, 2.24) is 10.6 Å². The van der Waals surface area contributed by atoms with Gasteiger partial charge >= 0.3 is 0 Å². The van der Waals surface area contributed by atoms with Crippen LogP contribution in [0.5, 0.6) is 0 Å². The van der Waals surface area contributed by atoms with Crippen molar-refractivity contribution in [1.29, 1.82) is 0 Å². The minimum absolute atomic E-state index is 0. The molecule has 0 aliphatic rings. The van der Waals surface area contributed by atoms with Crippen LogP contribution in [0.4, 0.5) is 0 Å². The number of carbonyl (C=O) groups is 2. The zero-order chi connectivity index (χ0) is 13.4. The molecule has 1 unspecified atom stereocenters. The lowest BCUT2D eigenvalue weighted by molar-refractivity contribution is -0.121. The fourth-order valence-electron chi connectivity index (χ4n) is 1.24. The molecule has 0 bridgehead atoms. The highest BCUT2D eigenvalue weighted by Crippen LogP contribution is 2.07. The predicted molar refractivity (Wildman–Crippen MR) is 79.7 cm³/mol. The van der Waals surface area contributed by atoms with Crippen LogP contribution in [0.25, 0.3) is 0 Å². The smallest absolute Gasteiger partial charge is 0.261 e. The van der Waals surface area contributed by atoms with Crippen molar-refractivity contribution in [2.75, 3.05) is 19.6 Å². The van der Waals surface area contributed by atoms with Crippen LogP contribution in [0.1, 0.15) is 23.0 Å². The third-order valence-electron chi connectivity index (χ3n) is 2.43. The van der Waals surface area contributed by atoms with Crippen LogP contribution in [0, 0.1) is 5.92 Å². The van der Waals surface area contributed by atoms with Crippen LogP contribution >= 0.6 is 23.7 Å². The van der Waals surface area contributed by atoms with Gasteiger partial charge < -0.3 is 16.4 Å². The summed E-state index contributed by atoms with van der Waals surface area (Å²) in [7, 11) is 0. The first-order valence-electron chi connectivity index (χ1n) is 5.92. The van der Waals surface area contributed by atoms with E-state index in [2.05, 4.69) is 10.6 Å². The van der Waals surface area contributed by atoms with Crippen LogP contribution in [0.15, 0.2) is 17.5 Å². The van der Waals surface area contributed by atoms with E-state index < -0.39 is 0 Å². The zero-order valence-corrected chi connectivity index (χ0v) is 12.5. The number of halogens is 1. The van der Waals surface area contributed by atoms with Crippen LogP contribution in [0.2, 0.25) is 0 Å². The molecule has 0 spiro atoms. The molecule has 19 heavy (non-hydrogen) atoms. The molecule has 0 radical (unpaired) electrons.